The molecule has 0 saturated carbocycles. The van der Waals surface area contributed by atoms with Gasteiger partial charge in [-0.3, -0.25) is 9.13 Å². The second-order valence-electron chi connectivity index (χ2n) is 9.24. The lowest BCUT2D eigenvalue weighted by molar-refractivity contribution is 0.0882. The summed E-state index contributed by atoms with van der Waals surface area (Å²) in [5, 5.41) is 10.3. The average molecular weight is 451 g/mol. The molecule has 33 heavy (non-hydrogen) atoms. The van der Waals surface area contributed by atoms with E-state index in [1.807, 2.05) is 59.3 Å². The molecule has 0 unspecified atom stereocenters. The van der Waals surface area contributed by atoms with Crippen molar-refractivity contribution in [3.05, 3.63) is 30.1 Å². The maximum Gasteiger partial charge on any atom is 0.239 e. The number of para-hydroxylation sites is 2. The number of hydrogen-bond donors (Lipinski definition) is 1. The zero-order chi connectivity index (χ0) is 23.3. The van der Waals surface area contributed by atoms with Crippen LogP contribution in [-0.4, -0.2) is 79.7 Å². The maximum absolute atomic E-state index is 10.3. The number of benzene rings is 1. The third-order valence-electron chi connectivity index (χ3n) is 5.87. The Bertz CT molecular complexity index is 1310. The minimum absolute atomic E-state index is 0.433. The monoisotopic (exact) mass is 450 g/mol. The van der Waals surface area contributed by atoms with Crippen molar-refractivity contribution >= 4 is 34.0 Å². The molecule has 0 atom stereocenters. The number of rotatable bonds is 5. The summed E-state index contributed by atoms with van der Waals surface area (Å²) in [6.07, 6.45) is 0. The molecule has 5 rings (SSSR count). The van der Waals surface area contributed by atoms with E-state index in [-0.39, 0.29) is 0 Å². The van der Waals surface area contributed by atoms with Crippen LogP contribution in [0.3, 0.4) is 0 Å². The largest absolute Gasteiger partial charge is 0.389 e. The summed E-state index contributed by atoms with van der Waals surface area (Å²) in [4.78, 5) is 23.7. The van der Waals surface area contributed by atoms with Crippen molar-refractivity contribution in [1.82, 2.24) is 29.1 Å². The van der Waals surface area contributed by atoms with Crippen LogP contribution >= 0.6 is 0 Å². The molecule has 0 amide bonds. The number of fused-ring (bicyclic) bond motifs is 2. The fourth-order valence-corrected chi connectivity index (χ4v) is 4.51. The quantitative estimate of drug-likeness (QED) is 0.494. The highest BCUT2D eigenvalue weighted by Crippen LogP contribution is 2.30. The van der Waals surface area contributed by atoms with Crippen molar-refractivity contribution in [2.24, 2.45) is 7.05 Å². The van der Waals surface area contributed by atoms with Crippen LogP contribution in [0.15, 0.2) is 24.3 Å². The number of nitrogens with zero attached hydrogens (tertiary/aromatic N) is 8. The molecule has 1 aromatic carbocycles. The summed E-state index contributed by atoms with van der Waals surface area (Å²) in [6, 6.07) is 8.00. The Labute approximate surface area is 192 Å². The highest BCUT2D eigenvalue weighted by Gasteiger charge is 2.26. The van der Waals surface area contributed by atoms with Gasteiger partial charge in [-0.15, -0.1) is 0 Å². The van der Waals surface area contributed by atoms with E-state index in [9.17, 15) is 5.11 Å². The number of aliphatic hydroxyl groups is 1. The predicted molar refractivity (Wildman–Crippen MR) is 128 cm³/mol. The van der Waals surface area contributed by atoms with Crippen molar-refractivity contribution in [3.63, 3.8) is 0 Å². The van der Waals surface area contributed by atoms with Crippen molar-refractivity contribution in [2.45, 2.75) is 26.4 Å². The van der Waals surface area contributed by atoms with E-state index >= 15 is 0 Å². The minimum atomic E-state index is -0.858. The number of aromatic nitrogens is 6. The molecule has 4 aromatic rings. The predicted octanol–water partition coefficient (Wildman–Crippen LogP) is 2.05. The lowest BCUT2D eigenvalue weighted by Gasteiger charge is -2.28. The third-order valence-corrected chi connectivity index (χ3v) is 5.87. The maximum atomic E-state index is 10.3. The number of morpholine rings is 1. The summed E-state index contributed by atoms with van der Waals surface area (Å²) in [5.74, 6) is 2.90. The molecule has 1 fully saturated rings. The first-order valence-corrected chi connectivity index (χ1v) is 11.2. The molecule has 1 saturated heterocycles. The zero-order valence-electron chi connectivity index (χ0n) is 19.8. The Morgan fingerprint density at radius 2 is 1.82 bits per heavy atom. The van der Waals surface area contributed by atoms with Crippen LogP contribution in [0.5, 0.6) is 0 Å². The van der Waals surface area contributed by atoms with Crippen molar-refractivity contribution in [1.29, 1.82) is 0 Å². The second-order valence-corrected chi connectivity index (χ2v) is 9.24. The second kappa shape index (κ2) is 7.96. The SMILES string of the molecule is Cc1nc2ccccc2n1-c1nc(N2CCOCC2)c2nc(N(C)CC(C)(C)O)n(C)c2n1. The van der Waals surface area contributed by atoms with Gasteiger partial charge in [-0.25, -0.2) is 9.97 Å². The number of anilines is 2. The summed E-state index contributed by atoms with van der Waals surface area (Å²) in [5.41, 5.74) is 2.48. The highest BCUT2D eigenvalue weighted by atomic mass is 16.5. The summed E-state index contributed by atoms with van der Waals surface area (Å²) in [6.45, 7) is 8.74. The lowest BCUT2D eigenvalue weighted by Crippen LogP contribution is -2.37. The number of imidazole rings is 2. The molecule has 1 N–H and O–H groups in total. The van der Waals surface area contributed by atoms with Gasteiger partial charge in [-0.2, -0.15) is 9.97 Å². The number of likely N-dealkylation sites (N-methyl/N-ethyl adjacent to an activating group) is 1. The topological polar surface area (TPSA) is 97.4 Å². The van der Waals surface area contributed by atoms with E-state index in [0.717, 1.165) is 52.9 Å². The molecule has 10 nitrogen and oxygen atoms in total. The fraction of sp³-hybridized carbons (Fsp3) is 0.478. The number of aryl methyl sites for hydroxylation is 2. The zero-order valence-corrected chi connectivity index (χ0v) is 19.8. The molecule has 174 valence electrons. The van der Waals surface area contributed by atoms with Gasteiger partial charge in [-0.1, -0.05) is 12.1 Å². The third kappa shape index (κ3) is 3.89. The first-order chi connectivity index (χ1) is 15.7. The van der Waals surface area contributed by atoms with Gasteiger partial charge in [0, 0.05) is 33.7 Å². The van der Waals surface area contributed by atoms with E-state index in [4.69, 9.17) is 24.7 Å². The highest BCUT2D eigenvalue weighted by molar-refractivity contribution is 5.87. The Kier molecular flexibility index (Phi) is 5.21. The van der Waals surface area contributed by atoms with Crippen LogP contribution < -0.4 is 9.80 Å². The lowest BCUT2D eigenvalue weighted by atomic mass is 10.1. The van der Waals surface area contributed by atoms with Crippen LogP contribution in [0.1, 0.15) is 19.7 Å². The molecule has 4 heterocycles. The molecule has 0 spiro atoms. The molecular formula is C23H30N8O2. The van der Waals surface area contributed by atoms with E-state index in [1.54, 1.807) is 13.8 Å². The van der Waals surface area contributed by atoms with Gasteiger partial charge < -0.3 is 19.6 Å². The smallest absolute Gasteiger partial charge is 0.239 e. The van der Waals surface area contributed by atoms with Gasteiger partial charge in [0.1, 0.15) is 5.82 Å². The molecule has 3 aromatic heterocycles. The van der Waals surface area contributed by atoms with E-state index < -0.39 is 5.60 Å². The van der Waals surface area contributed by atoms with Crippen LogP contribution in [0, 0.1) is 6.92 Å². The van der Waals surface area contributed by atoms with E-state index in [0.29, 0.717) is 25.7 Å². The van der Waals surface area contributed by atoms with E-state index in [1.165, 1.54) is 0 Å². The van der Waals surface area contributed by atoms with Crippen LogP contribution in [-0.2, 0) is 11.8 Å². The van der Waals surface area contributed by atoms with Crippen LogP contribution in [0.2, 0.25) is 0 Å². The Balaban J connectivity index is 1.73. The van der Waals surface area contributed by atoms with Crippen molar-refractivity contribution in [3.8, 4) is 5.95 Å². The van der Waals surface area contributed by atoms with Gasteiger partial charge in [0.2, 0.25) is 11.9 Å². The summed E-state index contributed by atoms with van der Waals surface area (Å²) < 4.78 is 9.53. The first kappa shape index (κ1) is 21.6. The van der Waals surface area contributed by atoms with Gasteiger partial charge >= 0.3 is 0 Å². The minimum Gasteiger partial charge on any atom is -0.389 e. The van der Waals surface area contributed by atoms with Gasteiger partial charge in [0.15, 0.2) is 17.0 Å². The van der Waals surface area contributed by atoms with Gasteiger partial charge in [-0.05, 0) is 32.9 Å². The molecule has 1 aliphatic heterocycles. The van der Waals surface area contributed by atoms with Gasteiger partial charge in [0.25, 0.3) is 0 Å². The van der Waals surface area contributed by atoms with Crippen LogP contribution in [0.25, 0.3) is 28.1 Å². The Hall–Kier alpha value is -3.24. The van der Waals surface area contributed by atoms with Crippen LogP contribution in [0.4, 0.5) is 11.8 Å². The molecule has 0 aliphatic carbocycles. The van der Waals surface area contributed by atoms with Gasteiger partial charge in [0.05, 0.1) is 29.8 Å². The normalized spacial score (nSPS) is 15.0. The molecule has 0 radical (unpaired) electrons. The Morgan fingerprint density at radius 1 is 1.09 bits per heavy atom. The first-order valence-electron chi connectivity index (χ1n) is 11.2. The molecular weight excluding hydrogens is 420 g/mol. The van der Waals surface area contributed by atoms with Crippen molar-refractivity contribution < 1.29 is 9.84 Å². The summed E-state index contributed by atoms with van der Waals surface area (Å²) >= 11 is 0. The Morgan fingerprint density at radius 3 is 2.55 bits per heavy atom. The number of hydrogen-bond acceptors (Lipinski definition) is 8. The van der Waals surface area contributed by atoms with Crippen molar-refractivity contribution in [2.75, 3.05) is 49.7 Å². The molecule has 10 heteroatoms. The fourth-order valence-electron chi connectivity index (χ4n) is 4.51. The standard InChI is InChI=1S/C23H30N8O2/c1-15-24-16-8-6-7-9-17(16)31(15)21-26-19-18(20(27-21)30-10-12-33-13-11-30)25-22(29(19)5)28(4)14-23(2,3)32/h6-9,32H,10-14H2,1-5H3. The van der Waals surface area contributed by atoms with E-state index in [2.05, 4.69) is 4.90 Å². The average Bonchev–Trinajstić information content (AvgIpc) is 3.29. The molecule has 0 bridgehead atoms. The number of ether oxygens (including phenoxy) is 1. The molecule has 1 aliphatic rings. The summed E-state index contributed by atoms with van der Waals surface area (Å²) in [7, 11) is 3.87.